The van der Waals surface area contributed by atoms with Crippen LogP contribution in [0.1, 0.15) is 24.2 Å². The minimum atomic E-state index is -3.82. The third kappa shape index (κ3) is 5.05. The molecule has 30 heavy (non-hydrogen) atoms. The normalized spacial score (nSPS) is 20.6. The fourth-order valence-electron chi connectivity index (χ4n) is 3.19. The third-order valence-electron chi connectivity index (χ3n) is 4.58. The van der Waals surface area contributed by atoms with Crippen molar-refractivity contribution in [2.75, 3.05) is 18.4 Å². The minimum Gasteiger partial charge on any atom is -0.373 e. The minimum absolute atomic E-state index is 0.0678. The fraction of sp³-hybridized carbons (Fsp3) is 0.316. The molecule has 0 aromatic heterocycles. The van der Waals surface area contributed by atoms with Crippen molar-refractivity contribution in [1.82, 2.24) is 4.31 Å². The van der Waals surface area contributed by atoms with Gasteiger partial charge in [0, 0.05) is 24.3 Å². The quantitative estimate of drug-likeness (QED) is 0.702. The Morgan fingerprint density at radius 1 is 0.933 bits per heavy atom. The number of hydrogen-bond donors (Lipinski definition) is 2. The van der Waals surface area contributed by atoms with E-state index in [0.717, 1.165) is 0 Å². The second-order valence-corrected chi connectivity index (χ2v) is 10.6. The van der Waals surface area contributed by atoms with Crippen LogP contribution in [0.25, 0.3) is 0 Å². The van der Waals surface area contributed by atoms with Crippen LogP contribution in [0.4, 0.5) is 5.69 Å². The van der Waals surface area contributed by atoms with Gasteiger partial charge in [0.1, 0.15) is 0 Å². The zero-order chi connectivity index (χ0) is 22.1. The summed E-state index contributed by atoms with van der Waals surface area (Å²) in [6, 6.07) is 11.0. The van der Waals surface area contributed by atoms with Crippen LogP contribution in [0.2, 0.25) is 0 Å². The van der Waals surface area contributed by atoms with Crippen molar-refractivity contribution in [2.45, 2.75) is 35.8 Å². The molecule has 0 saturated carbocycles. The van der Waals surface area contributed by atoms with Crippen LogP contribution in [0.5, 0.6) is 0 Å². The Bertz CT molecular complexity index is 1120. The number of ether oxygens (including phenoxy) is 1. The van der Waals surface area contributed by atoms with Gasteiger partial charge in [0.05, 0.1) is 22.0 Å². The molecule has 1 fully saturated rings. The molecule has 2 atom stereocenters. The zero-order valence-electron chi connectivity index (χ0n) is 16.5. The summed E-state index contributed by atoms with van der Waals surface area (Å²) in [6.45, 7) is 4.18. The van der Waals surface area contributed by atoms with Gasteiger partial charge in [0.25, 0.3) is 5.91 Å². The lowest BCUT2D eigenvalue weighted by Crippen LogP contribution is -2.48. The molecular formula is C19H23N3O6S2. The smallest absolute Gasteiger partial charge is 0.255 e. The number of benzene rings is 2. The van der Waals surface area contributed by atoms with E-state index in [1.165, 1.54) is 52.8 Å². The molecule has 3 N–H and O–H groups in total. The maximum Gasteiger partial charge on any atom is 0.255 e. The van der Waals surface area contributed by atoms with Crippen molar-refractivity contribution < 1.29 is 26.4 Å². The van der Waals surface area contributed by atoms with Gasteiger partial charge in [0.2, 0.25) is 20.0 Å². The molecule has 11 heteroatoms. The number of nitrogens with zero attached hydrogens (tertiary/aromatic N) is 1. The molecule has 0 spiro atoms. The maximum absolute atomic E-state index is 12.9. The van der Waals surface area contributed by atoms with Crippen molar-refractivity contribution in [3.8, 4) is 0 Å². The number of carbonyl (C=O) groups is 1. The highest BCUT2D eigenvalue weighted by molar-refractivity contribution is 7.89. The molecule has 1 aliphatic rings. The van der Waals surface area contributed by atoms with Gasteiger partial charge in [-0.25, -0.2) is 22.0 Å². The van der Waals surface area contributed by atoms with Crippen molar-refractivity contribution >= 4 is 31.6 Å². The molecule has 2 aromatic rings. The van der Waals surface area contributed by atoms with Crippen molar-refractivity contribution in [3.63, 3.8) is 0 Å². The lowest BCUT2D eigenvalue weighted by molar-refractivity contribution is -0.0440. The van der Waals surface area contributed by atoms with E-state index in [1.54, 1.807) is 0 Å². The van der Waals surface area contributed by atoms with Crippen LogP contribution < -0.4 is 10.5 Å². The molecule has 1 heterocycles. The Morgan fingerprint density at radius 2 is 1.43 bits per heavy atom. The first-order valence-electron chi connectivity index (χ1n) is 9.17. The highest BCUT2D eigenvalue weighted by Crippen LogP contribution is 2.22. The molecule has 0 bridgehead atoms. The summed E-state index contributed by atoms with van der Waals surface area (Å²) in [6.07, 6.45) is -0.400. The molecule has 2 aromatic carbocycles. The number of nitrogens with two attached hydrogens (primary N) is 1. The van der Waals surface area contributed by atoms with Gasteiger partial charge >= 0.3 is 0 Å². The van der Waals surface area contributed by atoms with Gasteiger partial charge in [-0.3, -0.25) is 4.79 Å². The molecule has 1 amide bonds. The number of hydrogen-bond acceptors (Lipinski definition) is 6. The van der Waals surface area contributed by atoms with E-state index in [1.807, 2.05) is 13.8 Å². The summed E-state index contributed by atoms with van der Waals surface area (Å²) in [4.78, 5) is 12.4. The number of sulfonamides is 2. The van der Waals surface area contributed by atoms with E-state index >= 15 is 0 Å². The summed E-state index contributed by atoms with van der Waals surface area (Å²) in [5, 5.41) is 7.66. The molecule has 1 saturated heterocycles. The number of primary sulfonamides is 1. The lowest BCUT2D eigenvalue weighted by Gasteiger charge is -2.34. The average molecular weight is 454 g/mol. The number of amides is 1. The van der Waals surface area contributed by atoms with Gasteiger partial charge in [-0.2, -0.15) is 4.31 Å². The molecule has 0 aliphatic carbocycles. The van der Waals surface area contributed by atoms with E-state index < -0.39 is 26.0 Å². The molecule has 162 valence electrons. The predicted molar refractivity (Wildman–Crippen MR) is 111 cm³/mol. The second-order valence-electron chi connectivity index (χ2n) is 7.13. The summed E-state index contributed by atoms with van der Waals surface area (Å²) in [5.41, 5.74) is 0.633. The first-order chi connectivity index (χ1) is 14.0. The monoisotopic (exact) mass is 453 g/mol. The van der Waals surface area contributed by atoms with Crippen molar-refractivity contribution in [2.24, 2.45) is 5.14 Å². The van der Waals surface area contributed by atoms with Crippen LogP contribution >= 0.6 is 0 Å². The number of rotatable bonds is 5. The summed E-state index contributed by atoms with van der Waals surface area (Å²) < 4.78 is 55.3. The first-order valence-corrected chi connectivity index (χ1v) is 12.2. The third-order valence-corrected chi connectivity index (χ3v) is 7.36. The maximum atomic E-state index is 12.9. The lowest BCUT2D eigenvalue weighted by atomic mass is 10.2. The van der Waals surface area contributed by atoms with Crippen molar-refractivity contribution in [1.29, 1.82) is 0 Å². The standard InChI is InChI=1S/C19H23N3O6S2/c1-13-11-22(12-14(2)28-13)30(26,27)18-7-3-15(4-8-18)19(23)21-16-5-9-17(10-6-16)29(20,24)25/h3-10,13-14H,11-12H2,1-2H3,(H,21,23)(H2,20,24,25)/t13-,14+. The number of anilines is 1. The topological polar surface area (TPSA) is 136 Å². The van der Waals surface area contributed by atoms with E-state index in [0.29, 0.717) is 5.69 Å². The Labute approximate surface area is 175 Å². The number of nitrogens with one attached hydrogen (secondary N) is 1. The molecule has 1 aliphatic heterocycles. The van der Waals surface area contributed by atoms with Crippen LogP contribution in [0.3, 0.4) is 0 Å². The van der Waals surface area contributed by atoms with E-state index in [2.05, 4.69) is 5.32 Å². The predicted octanol–water partition coefficient (Wildman–Crippen LogP) is 1.38. The Balaban J connectivity index is 1.72. The number of morpholine rings is 1. The van der Waals surface area contributed by atoms with E-state index in [9.17, 15) is 21.6 Å². The van der Waals surface area contributed by atoms with Gasteiger partial charge in [-0.15, -0.1) is 0 Å². The molecular weight excluding hydrogens is 430 g/mol. The molecule has 9 nitrogen and oxygen atoms in total. The molecule has 0 unspecified atom stereocenters. The number of carbonyl (C=O) groups excluding carboxylic acids is 1. The highest BCUT2D eigenvalue weighted by Gasteiger charge is 2.32. The van der Waals surface area contributed by atoms with E-state index in [-0.39, 0.29) is 40.7 Å². The van der Waals surface area contributed by atoms with E-state index in [4.69, 9.17) is 9.88 Å². The highest BCUT2D eigenvalue weighted by atomic mass is 32.2. The summed E-state index contributed by atoms with van der Waals surface area (Å²) >= 11 is 0. The van der Waals surface area contributed by atoms with Gasteiger partial charge in [-0.1, -0.05) is 0 Å². The van der Waals surface area contributed by atoms with Crippen LogP contribution in [-0.2, 0) is 24.8 Å². The van der Waals surface area contributed by atoms with Crippen molar-refractivity contribution in [3.05, 3.63) is 54.1 Å². The second kappa shape index (κ2) is 8.44. The molecule has 0 radical (unpaired) electrons. The van der Waals surface area contributed by atoms with Crippen LogP contribution in [0.15, 0.2) is 58.3 Å². The van der Waals surface area contributed by atoms with Gasteiger partial charge < -0.3 is 10.1 Å². The summed E-state index contributed by atoms with van der Waals surface area (Å²) in [5.74, 6) is -0.462. The first kappa shape index (κ1) is 22.4. The van der Waals surface area contributed by atoms with Gasteiger partial charge in [-0.05, 0) is 62.4 Å². The average Bonchev–Trinajstić information content (AvgIpc) is 2.67. The fourth-order valence-corrected chi connectivity index (χ4v) is 5.29. The molecule has 3 rings (SSSR count). The zero-order valence-corrected chi connectivity index (χ0v) is 18.1. The van der Waals surface area contributed by atoms with Crippen LogP contribution in [0, 0.1) is 0 Å². The Kier molecular flexibility index (Phi) is 6.29. The van der Waals surface area contributed by atoms with Gasteiger partial charge in [0.15, 0.2) is 0 Å². The van der Waals surface area contributed by atoms with Crippen LogP contribution in [-0.4, -0.2) is 52.3 Å². The Morgan fingerprint density at radius 3 is 1.93 bits per heavy atom. The Hall–Kier alpha value is -2.31. The largest absolute Gasteiger partial charge is 0.373 e. The summed E-state index contributed by atoms with van der Waals surface area (Å²) in [7, 11) is -7.51. The SMILES string of the molecule is C[C@@H]1CN(S(=O)(=O)c2ccc(C(=O)Nc3ccc(S(N)(=O)=O)cc3)cc2)C[C@H](C)O1.